The van der Waals surface area contributed by atoms with Gasteiger partial charge in [-0.3, -0.25) is 20.1 Å². The Morgan fingerprint density at radius 3 is 2.34 bits per heavy atom. The second-order valence-electron chi connectivity index (χ2n) is 12.3. The number of amides is 2. The number of fused-ring (bicyclic) bond motifs is 1. The summed E-state index contributed by atoms with van der Waals surface area (Å²) < 4.78 is 93.4. The van der Waals surface area contributed by atoms with Crippen molar-refractivity contribution in [2.45, 2.75) is 62.0 Å². The molecule has 284 valence electrons. The molecule has 4 aromatic rings. The maximum absolute atomic E-state index is 15.6. The van der Waals surface area contributed by atoms with Crippen molar-refractivity contribution < 1.29 is 54.6 Å². The zero-order valence-corrected chi connectivity index (χ0v) is 29.6. The maximum Gasteiger partial charge on any atom is 0.490 e. The number of methoxy groups -OCH3 is 1. The monoisotopic (exact) mass is 765 g/mol. The summed E-state index contributed by atoms with van der Waals surface area (Å²) in [7, 11) is -2.64. The SMILES string of the molecule is COC(=O)Nc1ccc(S(=O)(=O)C(C)C)c([C@H]2CCCN2C(=O)[C@@H](c2cc(C)c(F)cc2F)N(N)c2ccc3cnccc3c2)c1.O=C(O)C(F)(F)F. The number of carbonyl (C=O) groups excluding carboxylic acids is 2. The van der Waals surface area contributed by atoms with Crippen LogP contribution in [-0.2, 0) is 24.2 Å². The molecule has 0 bridgehead atoms. The minimum Gasteiger partial charge on any atom is -0.475 e. The van der Waals surface area contributed by atoms with E-state index in [4.69, 9.17) is 20.5 Å². The molecule has 4 N–H and O–H groups in total. The van der Waals surface area contributed by atoms with Gasteiger partial charge in [0.25, 0.3) is 5.91 Å². The number of aromatic nitrogens is 1. The fraction of sp³-hybridized carbons (Fsp3) is 0.314. The molecular formula is C35H36F5N5O7S. The molecule has 5 rings (SSSR count). The van der Waals surface area contributed by atoms with Crippen molar-refractivity contribution in [1.82, 2.24) is 9.88 Å². The van der Waals surface area contributed by atoms with Crippen LogP contribution >= 0.6 is 0 Å². The number of sulfone groups is 1. The molecule has 12 nitrogen and oxygen atoms in total. The van der Waals surface area contributed by atoms with Gasteiger partial charge in [0.2, 0.25) is 0 Å². The quantitative estimate of drug-likeness (QED) is 0.101. The fourth-order valence-corrected chi connectivity index (χ4v) is 7.04. The van der Waals surface area contributed by atoms with Gasteiger partial charge in [-0.1, -0.05) is 6.07 Å². The molecule has 53 heavy (non-hydrogen) atoms. The summed E-state index contributed by atoms with van der Waals surface area (Å²) in [6.07, 6.45) is -1.65. The van der Waals surface area contributed by atoms with Crippen LogP contribution in [0.2, 0.25) is 0 Å². The number of carbonyl (C=O) groups is 3. The lowest BCUT2D eigenvalue weighted by atomic mass is 9.98. The number of nitrogens with one attached hydrogen (secondary N) is 1. The van der Waals surface area contributed by atoms with E-state index in [0.717, 1.165) is 21.8 Å². The number of hydrogen-bond donors (Lipinski definition) is 3. The number of carboxylic acid groups (broad SMARTS) is 1. The number of benzene rings is 3. The molecule has 1 fully saturated rings. The molecule has 2 heterocycles. The first-order valence-electron chi connectivity index (χ1n) is 15.9. The Labute approximate surface area is 301 Å². The number of hydrazine groups is 1. The highest BCUT2D eigenvalue weighted by Crippen LogP contribution is 2.41. The topological polar surface area (TPSA) is 172 Å². The number of anilines is 2. The van der Waals surface area contributed by atoms with E-state index in [2.05, 4.69) is 10.3 Å². The molecule has 1 aromatic heterocycles. The first kappa shape index (κ1) is 40.4. The minimum atomic E-state index is -5.08. The van der Waals surface area contributed by atoms with Crippen LogP contribution in [0, 0.1) is 18.6 Å². The van der Waals surface area contributed by atoms with Gasteiger partial charge < -0.3 is 14.7 Å². The van der Waals surface area contributed by atoms with Crippen molar-refractivity contribution in [3.8, 4) is 0 Å². The third kappa shape index (κ3) is 9.00. The number of rotatable bonds is 8. The predicted octanol–water partition coefficient (Wildman–Crippen LogP) is 6.60. The van der Waals surface area contributed by atoms with Crippen molar-refractivity contribution in [2.24, 2.45) is 5.84 Å². The van der Waals surface area contributed by atoms with Crippen LogP contribution in [0.5, 0.6) is 0 Å². The van der Waals surface area contributed by atoms with Gasteiger partial charge in [-0.05, 0) is 92.6 Å². The van der Waals surface area contributed by atoms with E-state index in [9.17, 15) is 35.6 Å². The number of nitrogens with two attached hydrogens (primary N) is 1. The highest BCUT2D eigenvalue weighted by Gasteiger charge is 2.41. The number of halogens is 5. The van der Waals surface area contributed by atoms with E-state index in [1.807, 2.05) is 0 Å². The van der Waals surface area contributed by atoms with Crippen LogP contribution in [0.25, 0.3) is 10.8 Å². The molecule has 2 atom stereocenters. The number of aliphatic carboxylic acids is 1. The minimum absolute atomic E-state index is 0.00992. The molecule has 3 aromatic carbocycles. The Morgan fingerprint density at radius 2 is 1.72 bits per heavy atom. The molecule has 0 radical (unpaired) electrons. The molecule has 1 saturated heterocycles. The Kier molecular flexibility index (Phi) is 12.3. The van der Waals surface area contributed by atoms with E-state index in [1.165, 1.54) is 43.2 Å². The van der Waals surface area contributed by atoms with Crippen LogP contribution < -0.4 is 16.2 Å². The lowest BCUT2D eigenvalue weighted by molar-refractivity contribution is -0.192. The van der Waals surface area contributed by atoms with E-state index in [-0.39, 0.29) is 28.3 Å². The van der Waals surface area contributed by atoms with Crippen molar-refractivity contribution in [3.63, 3.8) is 0 Å². The number of carboxylic acids is 1. The van der Waals surface area contributed by atoms with Gasteiger partial charge in [-0.2, -0.15) is 13.2 Å². The molecule has 18 heteroatoms. The van der Waals surface area contributed by atoms with Gasteiger partial charge in [0, 0.05) is 41.6 Å². The van der Waals surface area contributed by atoms with Gasteiger partial charge >= 0.3 is 18.2 Å². The van der Waals surface area contributed by atoms with Gasteiger partial charge in [-0.25, -0.2) is 32.6 Å². The van der Waals surface area contributed by atoms with Gasteiger partial charge in [-0.15, -0.1) is 0 Å². The molecule has 2 amide bonds. The van der Waals surface area contributed by atoms with E-state index in [0.29, 0.717) is 24.1 Å². The standard InChI is InChI=1S/C33H35F2N5O5S.C2HF3O2/c1-19(2)46(43,44)30-10-8-23(38-33(42)45-4)16-26(30)29-6-5-13-39(29)32(41)31(25-14-20(3)27(34)17-28(25)35)40(36)24-9-7-22-18-37-12-11-21(22)15-24;3-2(4,5)1(6)7/h7-12,14-19,29,31H,5-6,13,36H2,1-4H3,(H,38,42);(H,6,7)/t29-,31-;/m1./s1. The summed E-state index contributed by atoms with van der Waals surface area (Å²) in [5, 5.41) is 11.7. The molecule has 0 saturated carbocycles. The van der Waals surface area contributed by atoms with Gasteiger partial charge in [0.1, 0.15) is 11.6 Å². The molecule has 0 aliphatic carbocycles. The first-order chi connectivity index (χ1) is 24.8. The van der Waals surface area contributed by atoms with Crippen molar-refractivity contribution in [1.29, 1.82) is 0 Å². The van der Waals surface area contributed by atoms with E-state index < -0.39 is 63.0 Å². The molecule has 0 unspecified atom stereocenters. The average Bonchev–Trinajstić information content (AvgIpc) is 3.60. The lowest BCUT2D eigenvalue weighted by Crippen LogP contribution is -2.46. The third-order valence-electron chi connectivity index (χ3n) is 8.51. The number of ether oxygens (including phenoxy) is 1. The van der Waals surface area contributed by atoms with Crippen molar-refractivity contribution >= 4 is 50.0 Å². The molecular weight excluding hydrogens is 729 g/mol. The fourth-order valence-electron chi connectivity index (χ4n) is 5.75. The normalized spacial score (nSPS) is 15.1. The Morgan fingerprint density at radius 1 is 1.04 bits per heavy atom. The first-order valence-corrected chi connectivity index (χ1v) is 17.5. The molecule has 0 spiro atoms. The predicted molar refractivity (Wildman–Crippen MR) is 184 cm³/mol. The number of alkyl halides is 3. The summed E-state index contributed by atoms with van der Waals surface area (Å²) in [6, 6.07) is 11.1. The largest absolute Gasteiger partial charge is 0.490 e. The Balaban J connectivity index is 0.000000815. The number of likely N-dealkylation sites (tertiary alicyclic amines) is 1. The van der Waals surface area contributed by atoms with Crippen molar-refractivity contribution in [2.75, 3.05) is 24.0 Å². The van der Waals surface area contributed by atoms with E-state index in [1.54, 1.807) is 50.5 Å². The molecule has 1 aliphatic rings. The zero-order valence-electron chi connectivity index (χ0n) is 28.8. The molecule has 1 aliphatic heterocycles. The lowest BCUT2D eigenvalue weighted by Gasteiger charge is -2.35. The highest BCUT2D eigenvalue weighted by atomic mass is 32.2. The van der Waals surface area contributed by atoms with Crippen LogP contribution in [0.3, 0.4) is 0 Å². The highest BCUT2D eigenvalue weighted by molar-refractivity contribution is 7.92. The van der Waals surface area contributed by atoms with Gasteiger partial charge in [0.15, 0.2) is 15.9 Å². The average molecular weight is 766 g/mol. The number of pyridine rings is 1. The summed E-state index contributed by atoms with van der Waals surface area (Å²) in [4.78, 5) is 41.1. The van der Waals surface area contributed by atoms with Crippen LogP contribution in [0.15, 0.2) is 71.9 Å². The second kappa shape index (κ2) is 16.1. The number of aryl methyl sites for hydroxylation is 1. The van der Waals surface area contributed by atoms with Gasteiger partial charge in [0.05, 0.1) is 29.0 Å². The summed E-state index contributed by atoms with van der Waals surface area (Å²) in [6.45, 7) is 4.79. The van der Waals surface area contributed by atoms with Crippen LogP contribution in [-0.4, -0.2) is 66.5 Å². The second-order valence-corrected chi connectivity index (χ2v) is 14.8. The van der Waals surface area contributed by atoms with Crippen LogP contribution in [0.1, 0.15) is 55.5 Å². The smallest absolute Gasteiger partial charge is 0.475 e. The van der Waals surface area contributed by atoms with E-state index >= 15 is 4.39 Å². The summed E-state index contributed by atoms with van der Waals surface area (Å²) >= 11 is 0. The Hall–Kier alpha value is -5.36. The van der Waals surface area contributed by atoms with Crippen molar-refractivity contribution in [3.05, 3.63) is 95.3 Å². The Bertz CT molecular complexity index is 2130. The number of hydrogen-bond acceptors (Lipinski definition) is 9. The number of nitrogens with zero attached hydrogens (tertiary/aromatic N) is 3. The zero-order chi connectivity index (χ0) is 39.4. The maximum atomic E-state index is 15.6. The third-order valence-corrected chi connectivity index (χ3v) is 10.7. The van der Waals surface area contributed by atoms with Crippen LogP contribution in [0.4, 0.5) is 38.1 Å². The summed E-state index contributed by atoms with van der Waals surface area (Å²) in [5.41, 5.74) is 0.943. The summed E-state index contributed by atoms with van der Waals surface area (Å²) in [5.74, 6) is 1.57.